The average Bonchev–Trinajstić information content (AvgIpc) is 1.79. The van der Waals surface area contributed by atoms with E-state index in [2.05, 4.69) is 0 Å². The van der Waals surface area contributed by atoms with Crippen molar-refractivity contribution >= 4 is 16.2 Å². The predicted molar refractivity (Wildman–Crippen MR) is 39.2 cm³/mol. The van der Waals surface area contributed by atoms with Crippen molar-refractivity contribution in [2.45, 2.75) is 26.2 Å². The minimum Gasteiger partial charge on any atom is -0.274 e. The maximum atomic E-state index is 10.6. The van der Waals surface area contributed by atoms with Crippen molar-refractivity contribution < 1.29 is 17.8 Å². The number of unbranched alkanes of at least 4 members (excludes halogenated alkanes) is 1. The fraction of sp³-hybridized carbons (Fsp3) is 0.800. The number of amides is 1. The van der Waals surface area contributed by atoms with Gasteiger partial charge in [0.25, 0.3) is 0 Å². The van der Waals surface area contributed by atoms with Crippen molar-refractivity contribution in [2.24, 2.45) is 0 Å². The van der Waals surface area contributed by atoms with Crippen molar-refractivity contribution in [2.75, 3.05) is 0 Å². The topological polar surface area (TPSA) is 83.5 Å². The van der Waals surface area contributed by atoms with Crippen LogP contribution >= 0.6 is 0 Å². The van der Waals surface area contributed by atoms with Crippen LogP contribution in [0.1, 0.15) is 26.2 Å². The summed E-state index contributed by atoms with van der Waals surface area (Å²) in [5, 5.41) is 0. The quantitative estimate of drug-likeness (QED) is 0.602. The average molecular weight is 181 g/mol. The fourth-order valence-corrected chi connectivity index (χ4v) is 0.922. The molecule has 0 fully saturated rings. The van der Waals surface area contributed by atoms with Crippen molar-refractivity contribution in [3.8, 4) is 0 Å². The molecule has 0 rings (SSSR count). The summed E-state index contributed by atoms with van der Waals surface area (Å²) in [6.07, 6.45) is 1.54. The Labute approximate surface area is 65.7 Å². The van der Waals surface area contributed by atoms with Crippen molar-refractivity contribution in [3.63, 3.8) is 0 Å². The lowest BCUT2D eigenvalue weighted by Gasteiger charge is -1.98. The highest BCUT2D eigenvalue weighted by atomic mass is 32.2. The minimum atomic E-state index is -4.35. The molecule has 0 aliphatic heterocycles. The van der Waals surface area contributed by atoms with Gasteiger partial charge in [-0.3, -0.25) is 9.35 Å². The van der Waals surface area contributed by atoms with E-state index >= 15 is 0 Å². The number of nitrogens with one attached hydrogen (secondary N) is 1. The molecule has 0 aliphatic rings. The molecule has 0 radical (unpaired) electrons. The van der Waals surface area contributed by atoms with E-state index in [-0.39, 0.29) is 6.42 Å². The highest BCUT2D eigenvalue weighted by molar-refractivity contribution is 7.84. The van der Waals surface area contributed by atoms with Gasteiger partial charge in [0.2, 0.25) is 5.91 Å². The van der Waals surface area contributed by atoms with Crippen LogP contribution in [0.25, 0.3) is 0 Å². The molecule has 6 heteroatoms. The highest BCUT2D eigenvalue weighted by Gasteiger charge is 2.08. The van der Waals surface area contributed by atoms with E-state index in [4.69, 9.17) is 4.55 Å². The molecule has 0 bridgehead atoms. The van der Waals surface area contributed by atoms with Crippen LogP contribution in [-0.4, -0.2) is 18.9 Å². The molecule has 0 saturated heterocycles. The van der Waals surface area contributed by atoms with E-state index in [0.29, 0.717) is 6.42 Å². The maximum Gasteiger partial charge on any atom is 0.359 e. The first kappa shape index (κ1) is 10.4. The summed E-state index contributed by atoms with van der Waals surface area (Å²) in [6.45, 7) is 1.88. The molecule has 0 aromatic rings. The summed E-state index contributed by atoms with van der Waals surface area (Å²) >= 11 is 0. The monoisotopic (exact) mass is 181 g/mol. The normalized spacial score (nSPS) is 11.1. The van der Waals surface area contributed by atoms with E-state index in [1.54, 1.807) is 0 Å². The van der Waals surface area contributed by atoms with E-state index in [1.165, 1.54) is 4.72 Å². The van der Waals surface area contributed by atoms with E-state index in [0.717, 1.165) is 6.42 Å². The summed E-state index contributed by atoms with van der Waals surface area (Å²) < 4.78 is 29.6. The number of carbonyl (C=O) groups excluding carboxylic acids is 1. The van der Waals surface area contributed by atoms with Gasteiger partial charge >= 0.3 is 10.3 Å². The van der Waals surface area contributed by atoms with Crippen LogP contribution in [0, 0.1) is 0 Å². The van der Waals surface area contributed by atoms with Crippen LogP contribution in [0.3, 0.4) is 0 Å². The first-order valence-electron chi connectivity index (χ1n) is 3.23. The summed E-state index contributed by atoms with van der Waals surface area (Å²) in [7, 11) is -4.35. The van der Waals surface area contributed by atoms with Gasteiger partial charge in [0.05, 0.1) is 0 Å². The molecule has 5 nitrogen and oxygen atoms in total. The molecule has 0 heterocycles. The Kier molecular flexibility index (Phi) is 4.06. The van der Waals surface area contributed by atoms with Gasteiger partial charge in [-0.25, -0.2) is 4.72 Å². The van der Waals surface area contributed by atoms with Gasteiger partial charge in [-0.2, -0.15) is 8.42 Å². The third-order valence-electron chi connectivity index (χ3n) is 1.00. The Bertz CT molecular complexity index is 221. The molecule has 0 aromatic carbocycles. The summed E-state index contributed by atoms with van der Waals surface area (Å²) in [5.74, 6) is -0.672. The molecule has 11 heavy (non-hydrogen) atoms. The summed E-state index contributed by atoms with van der Waals surface area (Å²) in [6, 6.07) is 0. The zero-order chi connectivity index (χ0) is 8.91. The van der Waals surface area contributed by atoms with E-state index in [9.17, 15) is 13.2 Å². The van der Waals surface area contributed by atoms with Gasteiger partial charge in [-0.05, 0) is 6.42 Å². The molecule has 66 valence electrons. The van der Waals surface area contributed by atoms with Gasteiger partial charge in [0, 0.05) is 6.42 Å². The molecule has 0 aliphatic carbocycles. The molecule has 1 amide bonds. The SMILES string of the molecule is CCCCC(=O)NS(=O)(=O)O. The van der Waals surface area contributed by atoms with Gasteiger partial charge in [-0.15, -0.1) is 0 Å². The van der Waals surface area contributed by atoms with Crippen LogP contribution < -0.4 is 4.72 Å². The number of hydrogen-bond donors (Lipinski definition) is 2. The number of carbonyl (C=O) groups is 1. The summed E-state index contributed by atoms with van der Waals surface area (Å²) in [5.41, 5.74) is 0. The second-order valence-corrected chi connectivity index (χ2v) is 3.26. The fourth-order valence-electron chi connectivity index (χ4n) is 0.532. The molecular formula is C5H11NO4S. The largest absolute Gasteiger partial charge is 0.359 e. The molecule has 0 unspecified atom stereocenters. The zero-order valence-corrected chi connectivity index (χ0v) is 7.02. The van der Waals surface area contributed by atoms with Crippen LogP contribution in [0.15, 0.2) is 0 Å². The molecule has 0 atom stereocenters. The Hall–Kier alpha value is -0.620. The minimum absolute atomic E-state index is 0.121. The number of rotatable bonds is 4. The van der Waals surface area contributed by atoms with E-state index in [1.807, 2.05) is 6.92 Å². The van der Waals surface area contributed by atoms with Crippen LogP contribution in [0.2, 0.25) is 0 Å². The lowest BCUT2D eigenvalue weighted by molar-refractivity contribution is -0.119. The standard InChI is InChI=1S/C5H11NO4S/c1-2-3-4-5(7)6-11(8,9)10/h2-4H2,1H3,(H,6,7)(H,8,9,10). The van der Waals surface area contributed by atoms with Crippen molar-refractivity contribution in [3.05, 3.63) is 0 Å². The van der Waals surface area contributed by atoms with Crippen LogP contribution in [-0.2, 0) is 15.1 Å². The Morgan fingerprint density at radius 1 is 1.55 bits per heavy atom. The Balaban J connectivity index is 3.71. The van der Waals surface area contributed by atoms with Gasteiger partial charge in [0.15, 0.2) is 0 Å². The van der Waals surface area contributed by atoms with Crippen molar-refractivity contribution in [1.29, 1.82) is 0 Å². The Morgan fingerprint density at radius 3 is 2.45 bits per heavy atom. The first-order valence-corrected chi connectivity index (χ1v) is 4.67. The number of hydrogen-bond acceptors (Lipinski definition) is 3. The molecule has 0 spiro atoms. The predicted octanol–water partition coefficient (Wildman–Crippen LogP) is 0.0956. The lowest BCUT2D eigenvalue weighted by atomic mass is 10.2. The molecule has 0 saturated carbocycles. The first-order chi connectivity index (χ1) is 4.95. The van der Waals surface area contributed by atoms with Crippen LogP contribution in [0.5, 0.6) is 0 Å². The van der Waals surface area contributed by atoms with Crippen molar-refractivity contribution in [1.82, 2.24) is 4.72 Å². The third-order valence-corrected chi connectivity index (χ3v) is 1.49. The zero-order valence-electron chi connectivity index (χ0n) is 6.20. The third kappa shape index (κ3) is 7.27. The van der Waals surface area contributed by atoms with E-state index < -0.39 is 16.2 Å². The molecule has 2 N–H and O–H groups in total. The highest BCUT2D eigenvalue weighted by Crippen LogP contribution is 1.93. The second kappa shape index (κ2) is 4.30. The molecule has 0 aromatic heterocycles. The Morgan fingerprint density at radius 2 is 2.09 bits per heavy atom. The molecular weight excluding hydrogens is 170 g/mol. The summed E-state index contributed by atoms with van der Waals surface area (Å²) in [4.78, 5) is 10.6. The van der Waals surface area contributed by atoms with Gasteiger partial charge in [-0.1, -0.05) is 13.3 Å². The van der Waals surface area contributed by atoms with Gasteiger partial charge in [0.1, 0.15) is 0 Å². The lowest BCUT2D eigenvalue weighted by Crippen LogP contribution is -2.29. The second-order valence-electron chi connectivity index (χ2n) is 2.10. The van der Waals surface area contributed by atoms with Crippen LogP contribution in [0.4, 0.5) is 0 Å². The smallest absolute Gasteiger partial charge is 0.274 e. The van der Waals surface area contributed by atoms with Gasteiger partial charge < -0.3 is 0 Å². The maximum absolute atomic E-state index is 10.6.